The highest BCUT2D eigenvalue weighted by atomic mass is 16.5. The van der Waals surface area contributed by atoms with E-state index >= 15 is 0 Å². The Morgan fingerprint density at radius 3 is 2.50 bits per heavy atom. The van der Waals surface area contributed by atoms with Crippen molar-refractivity contribution in [3.63, 3.8) is 0 Å². The summed E-state index contributed by atoms with van der Waals surface area (Å²) < 4.78 is 4.72. The molecule has 2 rings (SSSR count). The monoisotopic (exact) mass is 272 g/mol. The summed E-state index contributed by atoms with van der Waals surface area (Å²) in [4.78, 5) is 35.0. The topological polar surface area (TPSA) is 94.1 Å². The van der Waals surface area contributed by atoms with E-state index in [0.29, 0.717) is 11.4 Å². The number of carbonyl (C=O) groups excluding carboxylic acids is 2. The SMILES string of the molecule is COC(=O)c1cc(NC(C)=O)ncc1-c1ncccn1. The van der Waals surface area contributed by atoms with Crippen molar-refractivity contribution < 1.29 is 14.3 Å². The van der Waals surface area contributed by atoms with Crippen molar-refractivity contribution in [2.24, 2.45) is 0 Å². The van der Waals surface area contributed by atoms with E-state index in [2.05, 4.69) is 20.3 Å². The van der Waals surface area contributed by atoms with E-state index in [1.165, 1.54) is 26.3 Å². The molecule has 0 aliphatic carbocycles. The second-order valence-electron chi connectivity index (χ2n) is 3.86. The molecule has 0 saturated heterocycles. The summed E-state index contributed by atoms with van der Waals surface area (Å²) in [5, 5.41) is 2.50. The number of aromatic nitrogens is 3. The Labute approximate surface area is 115 Å². The van der Waals surface area contributed by atoms with Gasteiger partial charge in [-0.25, -0.2) is 19.7 Å². The molecule has 1 amide bonds. The van der Waals surface area contributed by atoms with Crippen LogP contribution in [0.15, 0.2) is 30.7 Å². The van der Waals surface area contributed by atoms with Crippen molar-refractivity contribution in [1.29, 1.82) is 0 Å². The summed E-state index contributed by atoms with van der Waals surface area (Å²) in [7, 11) is 1.27. The first-order chi connectivity index (χ1) is 9.61. The Morgan fingerprint density at radius 2 is 1.90 bits per heavy atom. The fourth-order valence-corrected chi connectivity index (χ4v) is 1.60. The van der Waals surface area contributed by atoms with E-state index in [0.717, 1.165) is 0 Å². The molecular weight excluding hydrogens is 260 g/mol. The van der Waals surface area contributed by atoms with Crippen LogP contribution in [-0.2, 0) is 9.53 Å². The molecule has 0 saturated carbocycles. The van der Waals surface area contributed by atoms with E-state index in [4.69, 9.17) is 4.74 Å². The van der Waals surface area contributed by atoms with Crippen LogP contribution in [-0.4, -0.2) is 33.9 Å². The Morgan fingerprint density at radius 1 is 1.20 bits per heavy atom. The molecule has 2 heterocycles. The number of hydrogen-bond donors (Lipinski definition) is 1. The normalized spacial score (nSPS) is 9.90. The third-order valence-corrected chi connectivity index (χ3v) is 2.42. The number of hydrogen-bond acceptors (Lipinski definition) is 6. The van der Waals surface area contributed by atoms with Crippen LogP contribution in [0.4, 0.5) is 5.82 Å². The zero-order valence-corrected chi connectivity index (χ0v) is 11.0. The lowest BCUT2D eigenvalue weighted by atomic mass is 10.1. The van der Waals surface area contributed by atoms with Gasteiger partial charge in [0.25, 0.3) is 0 Å². The first-order valence-corrected chi connectivity index (χ1v) is 5.75. The second kappa shape index (κ2) is 5.87. The van der Waals surface area contributed by atoms with Gasteiger partial charge in [0, 0.05) is 25.5 Å². The van der Waals surface area contributed by atoms with Crippen LogP contribution >= 0.6 is 0 Å². The van der Waals surface area contributed by atoms with Crippen molar-refractivity contribution >= 4 is 17.7 Å². The molecule has 0 spiro atoms. The molecule has 0 fully saturated rings. The van der Waals surface area contributed by atoms with Crippen LogP contribution < -0.4 is 5.32 Å². The van der Waals surface area contributed by atoms with Gasteiger partial charge < -0.3 is 10.1 Å². The molecule has 20 heavy (non-hydrogen) atoms. The fourth-order valence-electron chi connectivity index (χ4n) is 1.60. The standard InChI is InChI=1S/C13H12N4O3/c1-8(18)17-11-6-9(13(19)20-2)10(7-16-11)12-14-4-3-5-15-12/h3-7H,1-2H3,(H,16,17,18). The first-order valence-electron chi connectivity index (χ1n) is 5.75. The first kappa shape index (κ1) is 13.6. The van der Waals surface area contributed by atoms with Gasteiger partial charge in [-0.05, 0) is 12.1 Å². The van der Waals surface area contributed by atoms with Crippen LogP contribution in [0, 0.1) is 0 Å². The Bertz CT molecular complexity index is 643. The molecule has 7 heteroatoms. The van der Waals surface area contributed by atoms with Gasteiger partial charge in [-0.3, -0.25) is 4.79 Å². The number of ether oxygens (including phenoxy) is 1. The fraction of sp³-hybridized carbons (Fsp3) is 0.154. The Balaban J connectivity index is 2.51. The largest absolute Gasteiger partial charge is 0.465 e. The number of nitrogens with zero attached hydrogens (tertiary/aromatic N) is 3. The van der Waals surface area contributed by atoms with Crippen LogP contribution in [0.1, 0.15) is 17.3 Å². The summed E-state index contributed by atoms with van der Waals surface area (Å²) in [5.74, 6) is -0.217. The highest BCUT2D eigenvalue weighted by Gasteiger charge is 2.17. The summed E-state index contributed by atoms with van der Waals surface area (Å²) in [6.07, 6.45) is 4.54. The van der Waals surface area contributed by atoms with Crippen LogP contribution in [0.2, 0.25) is 0 Å². The van der Waals surface area contributed by atoms with Crippen molar-refractivity contribution in [2.45, 2.75) is 6.92 Å². The molecule has 0 aliphatic rings. The van der Waals surface area contributed by atoms with E-state index < -0.39 is 5.97 Å². The van der Waals surface area contributed by atoms with Crippen molar-refractivity contribution in [1.82, 2.24) is 15.0 Å². The van der Waals surface area contributed by atoms with Gasteiger partial charge in [-0.1, -0.05) is 0 Å². The average molecular weight is 272 g/mol. The van der Waals surface area contributed by atoms with Crippen LogP contribution in [0.25, 0.3) is 11.4 Å². The number of carbonyl (C=O) groups is 2. The molecule has 7 nitrogen and oxygen atoms in total. The van der Waals surface area contributed by atoms with E-state index in [9.17, 15) is 9.59 Å². The predicted octanol–water partition coefficient (Wildman–Crippen LogP) is 1.28. The lowest BCUT2D eigenvalue weighted by molar-refractivity contribution is -0.114. The van der Waals surface area contributed by atoms with Crippen molar-refractivity contribution in [3.8, 4) is 11.4 Å². The Kier molecular flexibility index (Phi) is 3.99. The summed E-state index contributed by atoms with van der Waals surface area (Å²) >= 11 is 0. The minimum absolute atomic E-state index is 0.234. The summed E-state index contributed by atoms with van der Waals surface area (Å²) in [6.45, 7) is 1.35. The molecule has 0 aliphatic heterocycles. The molecule has 1 N–H and O–H groups in total. The molecule has 0 unspecified atom stereocenters. The molecule has 0 aromatic carbocycles. The van der Waals surface area contributed by atoms with Gasteiger partial charge in [0.1, 0.15) is 5.82 Å². The van der Waals surface area contributed by atoms with Crippen LogP contribution in [0.5, 0.6) is 0 Å². The number of methoxy groups -OCH3 is 1. The maximum absolute atomic E-state index is 11.8. The molecule has 0 radical (unpaired) electrons. The average Bonchev–Trinajstić information content (AvgIpc) is 2.46. The van der Waals surface area contributed by atoms with Gasteiger partial charge in [0.15, 0.2) is 5.82 Å². The minimum Gasteiger partial charge on any atom is -0.465 e. The third-order valence-electron chi connectivity index (χ3n) is 2.42. The zero-order chi connectivity index (χ0) is 14.5. The van der Waals surface area contributed by atoms with Gasteiger partial charge in [-0.2, -0.15) is 0 Å². The van der Waals surface area contributed by atoms with Crippen molar-refractivity contribution in [3.05, 3.63) is 36.3 Å². The molecule has 0 bridgehead atoms. The number of pyridine rings is 1. The quantitative estimate of drug-likeness (QED) is 0.846. The molecule has 2 aromatic rings. The number of nitrogens with one attached hydrogen (secondary N) is 1. The summed E-state index contributed by atoms with van der Waals surface area (Å²) in [6, 6.07) is 3.10. The lowest BCUT2D eigenvalue weighted by Gasteiger charge is -2.08. The number of esters is 1. The number of amides is 1. The molecule has 102 valence electrons. The minimum atomic E-state index is -0.554. The van der Waals surface area contributed by atoms with Crippen molar-refractivity contribution in [2.75, 3.05) is 12.4 Å². The molecule has 0 atom stereocenters. The highest BCUT2D eigenvalue weighted by Crippen LogP contribution is 2.22. The van der Waals surface area contributed by atoms with Gasteiger partial charge in [0.05, 0.1) is 18.2 Å². The van der Waals surface area contributed by atoms with Gasteiger partial charge >= 0.3 is 5.97 Å². The lowest BCUT2D eigenvalue weighted by Crippen LogP contribution is -2.11. The van der Waals surface area contributed by atoms with E-state index in [-0.39, 0.29) is 17.3 Å². The number of rotatable bonds is 3. The smallest absolute Gasteiger partial charge is 0.338 e. The highest BCUT2D eigenvalue weighted by molar-refractivity contribution is 5.98. The number of anilines is 1. The molecular formula is C13H12N4O3. The zero-order valence-electron chi connectivity index (χ0n) is 11.0. The van der Waals surface area contributed by atoms with E-state index in [1.54, 1.807) is 18.5 Å². The van der Waals surface area contributed by atoms with E-state index in [1.807, 2.05) is 0 Å². The third kappa shape index (κ3) is 2.94. The van der Waals surface area contributed by atoms with Gasteiger partial charge in [-0.15, -0.1) is 0 Å². The maximum atomic E-state index is 11.8. The summed E-state index contributed by atoms with van der Waals surface area (Å²) in [5.41, 5.74) is 0.670. The van der Waals surface area contributed by atoms with Crippen LogP contribution in [0.3, 0.4) is 0 Å². The maximum Gasteiger partial charge on any atom is 0.338 e. The van der Waals surface area contributed by atoms with Gasteiger partial charge in [0.2, 0.25) is 5.91 Å². The second-order valence-corrected chi connectivity index (χ2v) is 3.86. The Hall–Kier alpha value is -2.83. The molecule has 2 aromatic heterocycles. The predicted molar refractivity (Wildman–Crippen MR) is 70.9 cm³/mol.